The van der Waals surface area contributed by atoms with Crippen LogP contribution < -0.4 is 5.32 Å². The van der Waals surface area contributed by atoms with Gasteiger partial charge in [0, 0.05) is 16.4 Å². The monoisotopic (exact) mass is 239 g/mol. The Morgan fingerprint density at radius 2 is 2.31 bits per heavy atom. The van der Waals surface area contributed by atoms with Crippen molar-refractivity contribution in [3.05, 3.63) is 46.8 Å². The van der Waals surface area contributed by atoms with Crippen LogP contribution in [-0.2, 0) is 0 Å². The normalized spacial score (nSPS) is 19.2. The minimum absolute atomic E-state index is 1.07. The highest BCUT2D eigenvalue weighted by molar-refractivity contribution is 9.11. The maximum absolute atomic E-state index is 3.38. The largest absolute Gasteiger partial charge is 0.361 e. The second kappa shape index (κ2) is 5.81. The van der Waals surface area contributed by atoms with Crippen molar-refractivity contribution in [1.82, 2.24) is 5.32 Å². The zero-order chi connectivity index (χ0) is 9.52. The van der Waals surface area contributed by atoms with Crippen molar-refractivity contribution in [1.29, 1.82) is 0 Å². The molecule has 0 saturated heterocycles. The van der Waals surface area contributed by atoms with Crippen LogP contribution in [-0.4, -0.2) is 0 Å². The van der Waals surface area contributed by atoms with E-state index in [0.717, 1.165) is 16.6 Å². The first kappa shape index (κ1) is 10.3. The Balaban J connectivity index is 2.42. The Kier molecular flexibility index (Phi) is 4.61. The van der Waals surface area contributed by atoms with Gasteiger partial charge in [-0.2, -0.15) is 0 Å². The van der Waals surface area contributed by atoms with E-state index in [-0.39, 0.29) is 0 Å². The lowest BCUT2D eigenvalue weighted by molar-refractivity contribution is 0.958. The van der Waals surface area contributed by atoms with Crippen molar-refractivity contribution < 1.29 is 0 Å². The molecule has 0 fully saturated rings. The fraction of sp³-hybridized carbons (Fsp3) is 0.273. The van der Waals surface area contributed by atoms with Gasteiger partial charge in [-0.1, -0.05) is 25.5 Å². The quantitative estimate of drug-likeness (QED) is 0.794. The van der Waals surface area contributed by atoms with Crippen LogP contribution in [0.4, 0.5) is 0 Å². The van der Waals surface area contributed by atoms with Gasteiger partial charge in [-0.15, -0.1) is 0 Å². The van der Waals surface area contributed by atoms with E-state index in [4.69, 9.17) is 0 Å². The highest BCUT2D eigenvalue weighted by Gasteiger charge is 1.94. The zero-order valence-electron chi connectivity index (χ0n) is 7.76. The molecule has 0 atom stereocenters. The summed E-state index contributed by atoms with van der Waals surface area (Å²) in [5.41, 5.74) is 1.12. The minimum Gasteiger partial charge on any atom is -0.361 e. The first-order valence-corrected chi connectivity index (χ1v) is 5.29. The molecule has 0 saturated carbocycles. The standard InChI is InChI=1S/C11H14BrN/c1-2-3-4-5-6-11-8-7-10(12)9-13-11/h4-9,13H,2-3H2,1H3/b5-4+,11-6-. The van der Waals surface area contributed by atoms with Crippen molar-refractivity contribution in [2.75, 3.05) is 0 Å². The van der Waals surface area contributed by atoms with Crippen LogP contribution in [0, 0.1) is 0 Å². The van der Waals surface area contributed by atoms with Gasteiger partial charge in [0.1, 0.15) is 0 Å². The van der Waals surface area contributed by atoms with Crippen molar-refractivity contribution in [3.8, 4) is 0 Å². The first-order valence-electron chi connectivity index (χ1n) is 4.50. The summed E-state index contributed by atoms with van der Waals surface area (Å²) in [5, 5.41) is 3.16. The lowest BCUT2D eigenvalue weighted by atomic mass is 10.2. The fourth-order valence-electron chi connectivity index (χ4n) is 0.956. The van der Waals surface area contributed by atoms with E-state index in [1.165, 1.54) is 6.42 Å². The first-order chi connectivity index (χ1) is 6.33. The average molecular weight is 240 g/mol. The van der Waals surface area contributed by atoms with Gasteiger partial charge >= 0.3 is 0 Å². The molecule has 1 nitrogen and oxygen atoms in total. The molecule has 0 aromatic heterocycles. The number of allylic oxidation sites excluding steroid dienone is 6. The summed E-state index contributed by atoms with van der Waals surface area (Å²) in [7, 11) is 0. The molecular formula is C11H14BrN. The summed E-state index contributed by atoms with van der Waals surface area (Å²) in [5.74, 6) is 0. The van der Waals surface area contributed by atoms with Crippen molar-refractivity contribution in [2.24, 2.45) is 0 Å². The molecule has 0 aliphatic carbocycles. The second-order valence-corrected chi connectivity index (χ2v) is 3.76. The van der Waals surface area contributed by atoms with Gasteiger partial charge in [-0.3, -0.25) is 0 Å². The van der Waals surface area contributed by atoms with Crippen molar-refractivity contribution in [3.63, 3.8) is 0 Å². The van der Waals surface area contributed by atoms with Crippen LogP contribution in [0.25, 0.3) is 0 Å². The van der Waals surface area contributed by atoms with Crippen LogP contribution in [0.5, 0.6) is 0 Å². The third-order valence-corrected chi connectivity index (χ3v) is 2.16. The molecule has 1 rings (SSSR count). The summed E-state index contributed by atoms with van der Waals surface area (Å²) in [6.45, 7) is 2.18. The van der Waals surface area contributed by atoms with Crippen LogP contribution in [0.1, 0.15) is 19.8 Å². The Morgan fingerprint density at radius 3 is 2.92 bits per heavy atom. The lowest BCUT2D eigenvalue weighted by Gasteiger charge is -2.05. The number of rotatable bonds is 3. The molecule has 70 valence electrons. The number of dihydropyridines is 1. The van der Waals surface area contributed by atoms with E-state index in [0.29, 0.717) is 0 Å². The Bertz CT molecular complexity index is 272. The maximum Gasteiger partial charge on any atom is 0.0380 e. The molecule has 1 aliphatic rings. The summed E-state index contributed by atoms with van der Waals surface area (Å²) >= 11 is 3.38. The van der Waals surface area contributed by atoms with E-state index < -0.39 is 0 Å². The van der Waals surface area contributed by atoms with Crippen LogP contribution in [0.2, 0.25) is 0 Å². The molecule has 2 heteroatoms. The highest BCUT2D eigenvalue weighted by Crippen LogP contribution is 2.11. The maximum atomic E-state index is 3.38. The Morgan fingerprint density at radius 1 is 1.46 bits per heavy atom. The Hall–Kier alpha value is -0.760. The van der Waals surface area contributed by atoms with Gasteiger partial charge in [-0.05, 0) is 40.6 Å². The minimum atomic E-state index is 1.07. The van der Waals surface area contributed by atoms with Gasteiger partial charge in [0.15, 0.2) is 0 Å². The second-order valence-electron chi connectivity index (χ2n) is 2.85. The molecule has 0 aromatic rings. The number of hydrogen-bond donors (Lipinski definition) is 1. The van der Waals surface area contributed by atoms with Crippen molar-refractivity contribution in [2.45, 2.75) is 19.8 Å². The van der Waals surface area contributed by atoms with Gasteiger partial charge in [0.2, 0.25) is 0 Å². The van der Waals surface area contributed by atoms with Crippen LogP contribution in [0.15, 0.2) is 46.8 Å². The molecular weight excluding hydrogens is 226 g/mol. The molecule has 13 heavy (non-hydrogen) atoms. The smallest absolute Gasteiger partial charge is 0.0380 e. The third kappa shape index (κ3) is 4.13. The average Bonchev–Trinajstić information content (AvgIpc) is 2.15. The van der Waals surface area contributed by atoms with Gasteiger partial charge in [0.25, 0.3) is 0 Å². The topological polar surface area (TPSA) is 12.0 Å². The van der Waals surface area contributed by atoms with Crippen LogP contribution >= 0.6 is 15.9 Å². The van der Waals surface area contributed by atoms with Crippen LogP contribution in [0.3, 0.4) is 0 Å². The molecule has 0 radical (unpaired) electrons. The molecule has 0 aromatic carbocycles. The molecule has 1 N–H and O–H groups in total. The van der Waals surface area contributed by atoms with Gasteiger partial charge < -0.3 is 5.32 Å². The predicted octanol–water partition coefficient (Wildman–Crippen LogP) is 3.62. The molecule has 0 amide bonds. The molecule has 0 bridgehead atoms. The molecule has 0 spiro atoms. The van der Waals surface area contributed by atoms with Gasteiger partial charge in [0.05, 0.1) is 0 Å². The third-order valence-electron chi connectivity index (χ3n) is 1.67. The number of unbranched alkanes of at least 4 members (excludes halogenated alkanes) is 1. The van der Waals surface area contributed by atoms with E-state index >= 15 is 0 Å². The number of hydrogen-bond acceptors (Lipinski definition) is 1. The SMILES string of the molecule is CCC/C=C/C=C1/C=CC(Br)=CN1. The summed E-state index contributed by atoms with van der Waals surface area (Å²) in [6, 6.07) is 0. The lowest BCUT2D eigenvalue weighted by Crippen LogP contribution is -2.05. The van der Waals surface area contributed by atoms with Crippen molar-refractivity contribution >= 4 is 15.9 Å². The Labute approximate surface area is 88.0 Å². The predicted molar refractivity (Wildman–Crippen MR) is 61.4 cm³/mol. The zero-order valence-corrected chi connectivity index (χ0v) is 9.34. The van der Waals surface area contributed by atoms with Gasteiger partial charge in [-0.25, -0.2) is 0 Å². The number of nitrogens with one attached hydrogen (secondary N) is 1. The number of halogens is 1. The van der Waals surface area contributed by atoms with E-state index in [1.807, 2.05) is 18.4 Å². The summed E-state index contributed by atoms with van der Waals surface area (Å²) in [6.07, 6.45) is 14.7. The summed E-state index contributed by atoms with van der Waals surface area (Å²) < 4.78 is 1.07. The molecule has 0 unspecified atom stereocenters. The summed E-state index contributed by atoms with van der Waals surface area (Å²) in [4.78, 5) is 0. The molecule has 1 aliphatic heterocycles. The molecule has 1 heterocycles. The van der Waals surface area contributed by atoms with E-state index in [9.17, 15) is 0 Å². The van der Waals surface area contributed by atoms with E-state index in [1.54, 1.807) is 0 Å². The highest BCUT2D eigenvalue weighted by atomic mass is 79.9. The van der Waals surface area contributed by atoms with E-state index in [2.05, 4.69) is 46.4 Å². The fourth-order valence-corrected chi connectivity index (χ4v) is 1.20.